The van der Waals surface area contributed by atoms with Crippen LogP contribution in [0.5, 0.6) is 5.75 Å². The third kappa shape index (κ3) is 5.19. The van der Waals surface area contributed by atoms with E-state index in [1.807, 2.05) is 41.3 Å². The lowest BCUT2D eigenvalue weighted by molar-refractivity contribution is -0.384. The molecule has 5 rings (SSSR count). The van der Waals surface area contributed by atoms with E-state index in [4.69, 9.17) is 37.7 Å². The molecule has 1 N–H and O–H groups in total. The number of hydrogen-bond acceptors (Lipinski definition) is 7. The lowest BCUT2D eigenvalue weighted by Gasteiger charge is -2.26. The zero-order valence-corrected chi connectivity index (χ0v) is 21.8. The van der Waals surface area contributed by atoms with Crippen LogP contribution in [0.25, 0.3) is 11.3 Å². The molecule has 2 aromatic heterocycles. The van der Waals surface area contributed by atoms with Crippen molar-refractivity contribution in [2.75, 3.05) is 25.2 Å². The van der Waals surface area contributed by atoms with Crippen LogP contribution in [0.3, 0.4) is 0 Å². The number of hydrogen-bond donors (Lipinski definition) is 1. The number of methoxy groups -OCH3 is 1. The summed E-state index contributed by atoms with van der Waals surface area (Å²) < 4.78 is 17.1. The number of benzene rings is 2. The highest BCUT2D eigenvalue weighted by molar-refractivity contribution is 7.80. The van der Waals surface area contributed by atoms with Crippen LogP contribution < -0.4 is 15.0 Å². The Morgan fingerprint density at radius 3 is 2.63 bits per heavy atom. The van der Waals surface area contributed by atoms with Gasteiger partial charge in [0.2, 0.25) is 0 Å². The molecule has 194 valence electrons. The average molecular weight is 551 g/mol. The van der Waals surface area contributed by atoms with Gasteiger partial charge in [-0.25, -0.2) is 0 Å². The van der Waals surface area contributed by atoms with E-state index in [2.05, 4.69) is 10.3 Å². The van der Waals surface area contributed by atoms with Crippen LogP contribution in [0.2, 0.25) is 5.02 Å². The van der Waals surface area contributed by atoms with Crippen molar-refractivity contribution >= 4 is 40.3 Å². The van der Waals surface area contributed by atoms with E-state index in [1.165, 1.54) is 12.1 Å². The standard InChI is InChI=1S/C27H23ClN4O5S/c1-35-14-15-36-23-10-9-19(16-20(23)28)31-26(25(30-27(31)38)21-4-2-3-13-29-21)24-12-11-22(37-24)17-5-7-18(8-6-17)32(33)34/h2-13,16,25-26H,14-15H2,1H3,(H,30,38)/t25-,26-/m1/s1. The summed E-state index contributed by atoms with van der Waals surface area (Å²) in [5.41, 5.74) is 2.28. The van der Waals surface area contributed by atoms with Gasteiger partial charge in [-0.05, 0) is 66.8 Å². The van der Waals surface area contributed by atoms with Crippen molar-refractivity contribution in [2.24, 2.45) is 0 Å². The number of aromatic nitrogens is 1. The first-order valence-corrected chi connectivity index (χ1v) is 12.5. The van der Waals surface area contributed by atoms with Crippen molar-refractivity contribution in [2.45, 2.75) is 12.1 Å². The topological polar surface area (TPSA) is 103 Å². The van der Waals surface area contributed by atoms with E-state index >= 15 is 0 Å². The summed E-state index contributed by atoms with van der Waals surface area (Å²) in [6.07, 6.45) is 1.73. The van der Waals surface area contributed by atoms with Crippen molar-refractivity contribution in [1.82, 2.24) is 10.3 Å². The Kier molecular flexibility index (Phi) is 7.54. The van der Waals surface area contributed by atoms with Gasteiger partial charge in [0.25, 0.3) is 5.69 Å². The smallest absolute Gasteiger partial charge is 0.269 e. The highest BCUT2D eigenvalue weighted by Gasteiger charge is 2.42. The van der Waals surface area contributed by atoms with Crippen LogP contribution in [0.4, 0.5) is 11.4 Å². The number of ether oxygens (including phenoxy) is 2. The Morgan fingerprint density at radius 1 is 1.13 bits per heavy atom. The maximum Gasteiger partial charge on any atom is 0.269 e. The van der Waals surface area contributed by atoms with Gasteiger partial charge in [0.05, 0.1) is 28.3 Å². The Labute approximate surface area is 229 Å². The Balaban J connectivity index is 1.51. The maximum absolute atomic E-state index is 11.0. The third-order valence-electron chi connectivity index (χ3n) is 6.12. The summed E-state index contributed by atoms with van der Waals surface area (Å²) in [4.78, 5) is 17.1. The molecule has 38 heavy (non-hydrogen) atoms. The minimum absolute atomic E-state index is 0.0128. The molecule has 0 spiro atoms. The first-order valence-electron chi connectivity index (χ1n) is 11.7. The van der Waals surface area contributed by atoms with Gasteiger partial charge < -0.3 is 24.1 Å². The van der Waals surface area contributed by atoms with Gasteiger partial charge in [0.15, 0.2) is 5.11 Å². The highest BCUT2D eigenvalue weighted by Crippen LogP contribution is 2.44. The monoisotopic (exact) mass is 550 g/mol. The van der Waals surface area contributed by atoms with Crippen molar-refractivity contribution in [3.63, 3.8) is 0 Å². The van der Waals surface area contributed by atoms with Crippen LogP contribution in [0.1, 0.15) is 23.5 Å². The van der Waals surface area contributed by atoms with E-state index in [1.54, 1.807) is 37.6 Å². The zero-order valence-electron chi connectivity index (χ0n) is 20.2. The molecule has 11 heteroatoms. The summed E-state index contributed by atoms with van der Waals surface area (Å²) >= 11 is 12.3. The number of nitro groups is 1. The molecule has 1 aliphatic heterocycles. The van der Waals surface area contributed by atoms with Crippen molar-refractivity contribution in [3.8, 4) is 17.1 Å². The molecule has 2 aromatic carbocycles. The van der Waals surface area contributed by atoms with E-state index in [0.717, 1.165) is 16.9 Å². The molecule has 1 aliphatic rings. The number of pyridine rings is 1. The molecule has 2 atom stereocenters. The largest absolute Gasteiger partial charge is 0.490 e. The number of non-ortho nitro benzene ring substituents is 1. The van der Waals surface area contributed by atoms with Gasteiger partial charge in [-0.1, -0.05) is 17.7 Å². The van der Waals surface area contributed by atoms with Gasteiger partial charge in [-0.2, -0.15) is 0 Å². The van der Waals surface area contributed by atoms with Crippen LogP contribution >= 0.6 is 23.8 Å². The van der Waals surface area contributed by atoms with Crippen molar-refractivity contribution in [1.29, 1.82) is 0 Å². The van der Waals surface area contributed by atoms with Crippen molar-refractivity contribution in [3.05, 3.63) is 106 Å². The number of thiocarbonyl (C=S) groups is 1. The van der Waals surface area contributed by atoms with Crippen LogP contribution in [-0.2, 0) is 4.74 Å². The number of furan rings is 1. The Bertz CT molecular complexity index is 1450. The molecule has 9 nitrogen and oxygen atoms in total. The molecule has 0 saturated carbocycles. The second-order valence-corrected chi connectivity index (χ2v) is 9.25. The van der Waals surface area contributed by atoms with E-state index in [0.29, 0.717) is 40.6 Å². The number of anilines is 1. The molecule has 0 bridgehead atoms. The Morgan fingerprint density at radius 2 is 1.95 bits per heavy atom. The van der Waals surface area contributed by atoms with E-state index < -0.39 is 4.92 Å². The SMILES string of the molecule is COCCOc1ccc(N2C(=S)N[C@H](c3ccccn3)[C@H]2c2ccc(-c3ccc([N+](=O)[O-])cc3)o2)cc1Cl. The predicted molar refractivity (Wildman–Crippen MR) is 148 cm³/mol. The van der Waals surface area contributed by atoms with E-state index in [9.17, 15) is 10.1 Å². The molecule has 3 heterocycles. The first kappa shape index (κ1) is 25.7. The summed E-state index contributed by atoms with van der Waals surface area (Å²) in [5, 5.41) is 15.3. The number of nitrogens with one attached hydrogen (secondary N) is 1. The number of halogens is 1. The molecule has 4 aromatic rings. The minimum Gasteiger partial charge on any atom is -0.490 e. The van der Waals surface area contributed by atoms with Gasteiger partial charge in [0, 0.05) is 36.7 Å². The molecule has 1 fully saturated rings. The number of nitro benzene ring substituents is 1. The fourth-order valence-electron chi connectivity index (χ4n) is 4.33. The molecule has 0 amide bonds. The van der Waals surface area contributed by atoms with E-state index in [-0.39, 0.29) is 17.8 Å². The van der Waals surface area contributed by atoms with Gasteiger partial charge in [-0.3, -0.25) is 15.1 Å². The second-order valence-electron chi connectivity index (χ2n) is 8.46. The van der Waals surface area contributed by atoms with Crippen LogP contribution in [-0.4, -0.2) is 35.3 Å². The lowest BCUT2D eigenvalue weighted by Crippen LogP contribution is -2.29. The normalized spacial score (nSPS) is 16.9. The summed E-state index contributed by atoms with van der Waals surface area (Å²) in [7, 11) is 1.61. The summed E-state index contributed by atoms with van der Waals surface area (Å²) in [6.45, 7) is 0.822. The lowest BCUT2D eigenvalue weighted by atomic mass is 10.0. The fraction of sp³-hybridized carbons (Fsp3) is 0.185. The van der Waals surface area contributed by atoms with Gasteiger partial charge in [0.1, 0.15) is 29.9 Å². The van der Waals surface area contributed by atoms with Crippen molar-refractivity contribution < 1.29 is 18.8 Å². The summed E-state index contributed by atoms with van der Waals surface area (Å²) in [6, 6.07) is 20.4. The predicted octanol–water partition coefficient (Wildman–Crippen LogP) is 6.11. The first-order chi connectivity index (χ1) is 18.5. The molecule has 1 saturated heterocycles. The zero-order chi connectivity index (χ0) is 26.6. The second kappa shape index (κ2) is 11.2. The number of rotatable bonds is 9. The molecule has 0 unspecified atom stereocenters. The molecular formula is C27H23ClN4O5S. The molecular weight excluding hydrogens is 528 g/mol. The van der Waals surface area contributed by atoms with Gasteiger partial charge >= 0.3 is 0 Å². The highest BCUT2D eigenvalue weighted by atomic mass is 35.5. The quantitative estimate of drug-likeness (QED) is 0.114. The number of nitrogens with zero attached hydrogens (tertiary/aromatic N) is 3. The van der Waals surface area contributed by atoms with Gasteiger partial charge in [-0.15, -0.1) is 0 Å². The minimum atomic E-state index is -0.434. The fourth-order valence-corrected chi connectivity index (χ4v) is 4.90. The Hall–Kier alpha value is -3.99. The molecule has 0 radical (unpaired) electrons. The van der Waals surface area contributed by atoms with Crippen LogP contribution in [0, 0.1) is 10.1 Å². The molecule has 0 aliphatic carbocycles. The average Bonchev–Trinajstić information content (AvgIpc) is 3.55. The third-order valence-corrected chi connectivity index (χ3v) is 6.73. The summed E-state index contributed by atoms with van der Waals surface area (Å²) in [5.74, 6) is 1.76. The van der Waals surface area contributed by atoms with Crippen LogP contribution in [0.15, 0.2) is 83.4 Å². The maximum atomic E-state index is 11.0.